The van der Waals surface area contributed by atoms with Gasteiger partial charge in [0.2, 0.25) is 5.91 Å². The van der Waals surface area contributed by atoms with Crippen LogP contribution in [-0.2, 0) is 4.79 Å². The summed E-state index contributed by atoms with van der Waals surface area (Å²) >= 11 is 1.14. The Labute approximate surface area is 99.9 Å². The number of nitrogens with two attached hydrogens (primary N) is 1. The fraction of sp³-hybridized carbons (Fsp3) is 0.800. The van der Waals surface area contributed by atoms with E-state index < -0.39 is 6.04 Å². The van der Waals surface area contributed by atoms with Gasteiger partial charge in [-0.1, -0.05) is 25.6 Å². The van der Waals surface area contributed by atoms with Gasteiger partial charge in [0.25, 0.3) is 5.24 Å². The largest absolute Gasteiger partial charge is 0.348 e. The van der Waals surface area contributed by atoms with Crippen molar-refractivity contribution in [3.05, 3.63) is 0 Å². The van der Waals surface area contributed by atoms with Crippen LogP contribution in [0.4, 0.5) is 4.79 Å². The second kappa shape index (κ2) is 5.54. The van der Waals surface area contributed by atoms with Gasteiger partial charge in [0.15, 0.2) is 0 Å². The smallest absolute Gasteiger partial charge is 0.279 e. The van der Waals surface area contributed by atoms with Crippen LogP contribution in [0.25, 0.3) is 0 Å². The topological polar surface area (TPSA) is 84.2 Å². The number of amides is 2. The van der Waals surface area contributed by atoms with Crippen molar-refractivity contribution >= 4 is 22.9 Å². The van der Waals surface area contributed by atoms with E-state index in [9.17, 15) is 9.59 Å². The van der Waals surface area contributed by atoms with Gasteiger partial charge in [-0.3, -0.25) is 9.59 Å². The van der Waals surface area contributed by atoms with Crippen LogP contribution < -0.4 is 16.4 Å². The molecule has 0 saturated carbocycles. The molecule has 1 heterocycles. The number of hydrogen-bond donors (Lipinski definition) is 3. The molecule has 1 fully saturated rings. The van der Waals surface area contributed by atoms with Gasteiger partial charge in [0.05, 0.1) is 5.54 Å². The van der Waals surface area contributed by atoms with E-state index in [1.807, 2.05) is 13.8 Å². The Kier molecular flexibility index (Phi) is 4.61. The van der Waals surface area contributed by atoms with Gasteiger partial charge in [-0.05, 0) is 12.8 Å². The number of hydrogen-bond acceptors (Lipinski definition) is 4. The summed E-state index contributed by atoms with van der Waals surface area (Å²) in [5.41, 5.74) is 5.36. The first kappa shape index (κ1) is 13.3. The van der Waals surface area contributed by atoms with E-state index in [2.05, 4.69) is 10.6 Å². The van der Waals surface area contributed by atoms with E-state index in [-0.39, 0.29) is 16.7 Å². The van der Waals surface area contributed by atoms with Gasteiger partial charge >= 0.3 is 0 Å². The zero-order chi connectivity index (χ0) is 12.2. The van der Waals surface area contributed by atoms with E-state index in [1.165, 1.54) is 0 Å². The highest BCUT2D eigenvalue weighted by atomic mass is 32.2. The van der Waals surface area contributed by atoms with Crippen molar-refractivity contribution in [1.82, 2.24) is 10.6 Å². The Morgan fingerprint density at radius 3 is 2.62 bits per heavy atom. The highest BCUT2D eigenvalue weighted by molar-refractivity contribution is 8.14. The third kappa shape index (κ3) is 2.89. The van der Waals surface area contributed by atoms with E-state index in [0.717, 1.165) is 24.6 Å². The number of thioether (sulfide) groups is 1. The summed E-state index contributed by atoms with van der Waals surface area (Å²) < 4.78 is 0. The summed E-state index contributed by atoms with van der Waals surface area (Å²) in [7, 11) is 0. The lowest BCUT2D eigenvalue weighted by molar-refractivity contribution is -0.124. The molecular weight excluding hydrogens is 226 g/mol. The van der Waals surface area contributed by atoms with E-state index >= 15 is 0 Å². The number of carbonyl (C=O) groups is 2. The maximum Gasteiger partial charge on any atom is 0.279 e. The molecule has 1 atom stereocenters. The lowest BCUT2D eigenvalue weighted by Gasteiger charge is -2.32. The fourth-order valence-corrected chi connectivity index (χ4v) is 2.42. The van der Waals surface area contributed by atoms with Crippen LogP contribution >= 0.6 is 11.8 Å². The lowest BCUT2D eigenvalue weighted by atomic mass is 9.92. The molecule has 0 aromatic rings. The highest BCUT2D eigenvalue weighted by Gasteiger charge is 2.33. The zero-order valence-corrected chi connectivity index (χ0v) is 10.5. The molecule has 92 valence electrons. The van der Waals surface area contributed by atoms with Crippen molar-refractivity contribution in [3.8, 4) is 0 Å². The highest BCUT2D eigenvalue weighted by Crippen LogP contribution is 2.17. The third-order valence-corrected chi connectivity index (χ3v) is 4.00. The molecule has 0 aromatic carbocycles. The minimum Gasteiger partial charge on any atom is -0.348 e. The first-order valence-corrected chi connectivity index (χ1v) is 6.51. The van der Waals surface area contributed by atoms with E-state index in [0.29, 0.717) is 12.3 Å². The Morgan fingerprint density at radius 2 is 2.25 bits per heavy atom. The SMILES string of the molecule is CCC(CC)(CN)NC(=O)[C@@H]1CSC(=O)N1. The molecule has 0 radical (unpaired) electrons. The third-order valence-electron chi connectivity index (χ3n) is 3.12. The molecule has 1 aliphatic rings. The van der Waals surface area contributed by atoms with Gasteiger partial charge in [-0.25, -0.2) is 0 Å². The molecule has 1 saturated heterocycles. The molecular formula is C10H19N3O2S. The normalized spacial score (nSPS) is 20.7. The second-order valence-electron chi connectivity index (χ2n) is 3.98. The van der Waals surface area contributed by atoms with Crippen LogP contribution in [0.3, 0.4) is 0 Å². The van der Waals surface area contributed by atoms with Crippen molar-refractivity contribution in [3.63, 3.8) is 0 Å². The van der Waals surface area contributed by atoms with Gasteiger partial charge in [0.1, 0.15) is 6.04 Å². The average Bonchev–Trinajstić information content (AvgIpc) is 2.73. The van der Waals surface area contributed by atoms with Gasteiger partial charge in [0, 0.05) is 12.3 Å². The predicted octanol–water partition coefficient (Wildman–Crippen LogP) is 0.445. The molecule has 6 heteroatoms. The Balaban J connectivity index is 2.58. The lowest BCUT2D eigenvalue weighted by Crippen LogP contribution is -2.57. The molecule has 1 rings (SSSR count). The van der Waals surface area contributed by atoms with Crippen LogP contribution in [0.5, 0.6) is 0 Å². The molecule has 2 amide bonds. The fourth-order valence-electron chi connectivity index (χ4n) is 1.64. The molecule has 0 aliphatic carbocycles. The quantitative estimate of drug-likeness (QED) is 0.656. The monoisotopic (exact) mass is 245 g/mol. The molecule has 16 heavy (non-hydrogen) atoms. The van der Waals surface area contributed by atoms with Gasteiger partial charge in [-0.2, -0.15) is 0 Å². The molecule has 1 aliphatic heterocycles. The minimum absolute atomic E-state index is 0.132. The predicted molar refractivity (Wildman–Crippen MR) is 65.3 cm³/mol. The summed E-state index contributed by atoms with van der Waals surface area (Å²) in [5.74, 6) is 0.367. The number of carbonyl (C=O) groups excluding carboxylic acids is 2. The molecule has 0 bridgehead atoms. The molecule has 0 aromatic heterocycles. The van der Waals surface area contributed by atoms with Gasteiger partial charge in [-0.15, -0.1) is 0 Å². The van der Waals surface area contributed by atoms with Crippen molar-refractivity contribution in [2.45, 2.75) is 38.3 Å². The maximum absolute atomic E-state index is 11.9. The summed E-state index contributed by atoms with van der Waals surface area (Å²) in [4.78, 5) is 22.9. The van der Waals surface area contributed by atoms with Crippen LogP contribution in [-0.4, -0.2) is 35.0 Å². The first-order chi connectivity index (χ1) is 7.56. The van der Waals surface area contributed by atoms with Crippen LogP contribution in [0.1, 0.15) is 26.7 Å². The van der Waals surface area contributed by atoms with Crippen LogP contribution in [0.15, 0.2) is 0 Å². The molecule has 4 N–H and O–H groups in total. The molecule has 5 nitrogen and oxygen atoms in total. The van der Waals surface area contributed by atoms with E-state index in [4.69, 9.17) is 5.73 Å². The zero-order valence-electron chi connectivity index (χ0n) is 9.71. The van der Waals surface area contributed by atoms with Crippen LogP contribution in [0.2, 0.25) is 0 Å². The van der Waals surface area contributed by atoms with Crippen molar-refractivity contribution < 1.29 is 9.59 Å². The van der Waals surface area contributed by atoms with E-state index in [1.54, 1.807) is 0 Å². The maximum atomic E-state index is 11.9. The second-order valence-corrected chi connectivity index (χ2v) is 4.97. The summed E-state index contributed by atoms with van der Waals surface area (Å²) in [6.07, 6.45) is 1.58. The first-order valence-electron chi connectivity index (χ1n) is 5.52. The summed E-state index contributed by atoms with van der Waals surface area (Å²) in [5, 5.41) is 5.44. The Bertz CT molecular complexity index is 271. The Hall–Kier alpha value is -0.750. The summed E-state index contributed by atoms with van der Waals surface area (Å²) in [6, 6.07) is -0.415. The van der Waals surface area contributed by atoms with Crippen molar-refractivity contribution in [2.75, 3.05) is 12.3 Å². The number of rotatable bonds is 5. The molecule has 0 spiro atoms. The standard InChI is InChI=1S/C10H19N3O2S/c1-3-10(4-2,6-11)13-8(14)7-5-16-9(15)12-7/h7H,3-6,11H2,1-2H3,(H,12,15)(H,13,14)/t7-/m0/s1. The summed E-state index contributed by atoms with van der Waals surface area (Å²) in [6.45, 7) is 4.41. The van der Waals surface area contributed by atoms with Crippen molar-refractivity contribution in [2.24, 2.45) is 5.73 Å². The minimum atomic E-state index is -0.415. The van der Waals surface area contributed by atoms with Gasteiger partial charge < -0.3 is 16.4 Å². The van der Waals surface area contributed by atoms with Crippen molar-refractivity contribution in [1.29, 1.82) is 0 Å². The average molecular weight is 245 g/mol. The molecule has 0 unspecified atom stereocenters. The Morgan fingerprint density at radius 1 is 1.62 bits per heavy atom. The number of nitrogens with one attached hydrogen (secondary N) is 2. The van der Waals surface area contributed by atoms with Crippen LogP contribution in [0, 0.1) is 0 Å².